The number of thiophene rings is 2. The molecule has 0 spiro atoms. The summed E-state index contributed by atoms with van der Waals surface area (Å²) in [5.74, 6) is 0. The normalized spacial score (nSPS) is 9.65. The third-order valence-electron chi connectivity index (χ3n) is 1.84. The predicted molar refractivity (Wildman–Crippen MR) is 67.8 cm³/mol. The zero-order chi connectivity index (χ0) is 12.1. The monoisotopic (exact) mass is 266 g/mol. The lowest BCUT2D eigenvalue weighted by molar-refractivity contribution is 0.111. The van der Waals surface area contributed by atoms with E-state index in [1.807, 2.05) is 0 Å². The van der Waals surface area contributed by atoms with Crippen LogP contribution in [0.3, 0.4) is 0 Å². The van der Waals surface area contributed by atoms with Gasteiger partial charge in [-0.15, -0.1) is 0 Å². The Morgan fingerprint density at radius 2 is 1.35 bits per heavy atom. The molecule has 0 aromatic carbocycles. The van der Waals surface area contributed by atoms with Gasteiger partial charge >= 0.3 is 7.69 Å². The van der Waals surface area contributed by atoms with E-state index in [0.29, 0.717) is 19.9 Å². The fraction of sp³-hybridized carbons (Fsp3) is 0. The molecule has 4 nitrogen and oxygen atoms in total. The summed E-state index contributed by atoms with van der Waals surface area (Å²) in [7, 11) is 0.0532. The molecule has 2 aromatic heterocycles. The zero-order valence-corrected chi connectivity index (χ0v) is 10.3. The van der Waals surface area contributed by atoms with Crippen LogP contribution in [0.25, 0.3) is 0 Å². The number of hydrogen-bond acceptors (Lipinski definition) is 6. The number of carbonyl (C=O) groups excluding carboxylic acids is 2. The Bertz CT molecular complexity index is 474. The van der Waals surface area contributed by atoms with Crippen LogP contribution in [0, 0.1) is 0 Å². The molecule has 0 radical (unpaired) electrons. The maximum atomic E-state index is 10.4. The first-order valence-corrected chi connectivity index (χ1v) is 6.31. The second-order valence-electron chi connectivity index (χ2n) is 2.96. The van der Waals surface area contributed by atoms with E-state index in [2.05, 4.69) is 0 Å². The first kappa shape index (κ1) is 11.9. The Morgan fingerprint density at radius 1 is 0.882 bits per heavy atom. The molecular weight excluding hydrogens is 259 g/mol. The van der Waals surface area contributed by atoms with Crippen LogP contribution in [0.2, 0.25) is 0 Å². The maximum absolute atomic E-state index is 10.4. The molecule has 0 atom stereocenters. The van der Waals surface area contributed by atoms with Crippen molar-refractivity contribution in [2.24, 2.45) is 0 Å². The Balaban J connectivity index is 1.82. The highest BCUT2D eigenvalue weighted by Gasteiger charge is 2.04. The standard InChI is InChI=1S/C10H7BO4S2/c12-5-7-1-3-9(16-7)14-11-15-10-4-2-8(6-13)17-10/h1-6,11H. The number of carbonyl (C=O) groups is 2. The van der Waals surface area contributed by atoms with E-state index in [9.17, 15) is 9.59 Å². The lowest BCUT2D eigenvalue weighted by atomic mass is 10.4. The van der Waals surface area contributed by atoms with Crippen LogP contribution in [0.15, 0.2) is 24.3 Å². The molecule has 2 rings (SSSR count). The van der Waals surface area contributed by atoms with Gasteiger partial charge in [-0.3, -0.25) is 9.59 Å². The molecule has 2 aromatic rings. The van der Waals surface area contributed by atoms with Gasteiger partial charge in [0, 0.05) is 0 Å². The number of hydrogen-bond donors (Lipinski definition) is 0. The molecule has 0 bridgehead atoms. The smallest absolute Gasteiger partial charge is 0.521 e. The Hall–Kier alpha value is -1.60. The summed E-state index contributed by atoms with van der Waals surface area (Å²) in [6.07, 6.45) is 1.54. The first-order valence-electron chi connectivity index (χ1n) is 4.67. The topological polar surface area (TPSA) is 52.6 Å². The van der Waals surface area contributed by atoms with Crippen LogP contribution >= 0.6 is 22.7 Å². The highest BCUT2D eigenvalue weighted by molar-refractivity contribution is 7.16. The summed E-state index contributed by atoms with van der Waals surface area (Å²) in [6.45, 7) is 0. The zero-order valence-electron chi connectivity index (χ0n) is 8.62. The van der Waals surface area contributed by atoms with Crippen molar-refractivity contribution in [1.82, 2.24) is 0 Å². The molecule has 0 aliphatic carbocycles. The maximum Gasteiger partial charge on any atom is 0.577 e. The summed E-state index contributed by atoms with van der Waals surface area (Å²) < 4.78 is 10.6. The highest BCUT2D eigenvalue weighted by atomic mass is 32.1. The van der Waals surface area contributed by atoms with Gasteiger partial charge in [-0.25, -0.2) is 0 Å². The van der Waals surface area contributed by atoms with Crippen molar-refractivity contribution in [3.63, 3.8) is 0 Å². The number of aldehydes is 2. The molecule has 86 valence electrons. The fourth-order valence-corrected chi connectivity index (χ4v) is 2.42. The van der Waals surface area contributed by atoms with Crippen molar-refractivity contribution in [2.75, 3.05) is 0 Å². The van der Waals surface area contributed by atoms with Crippen molar-refractivity contribution in [3.8, 4) is 10.1 Å². The molecule has 7 heteroatoms. The van der Waals surface area contributed by atoms with Gasteiger partial charge in [-0.2, -0.15) is 0 Å². The molecule has 0 amide bonds. The van der Waals surface area contributed by atoms with Crippen LogP contribution in [-0.2, 0) is 0 Å². The number of rotatable bonds is 6. The van der Waals surface area contributed by atoms with Gasteiger partial charge in [0.2, 0.25) is 0 Å². The van der Waals surface area contributed by atoms with Crippen LogP contribution in [0.1, 0.15) is 19.3 Å². The Kier molecular flexibility index (Phi) is 3.95. The van der Waals surface area contributed by atoms with Crippen LogP contribution < -0.4 is 9.31 Å². The Labute approximate surface area is 106 Å². The Morgan fingerprint density at radius 3 is 1.71 bits per heavy atom. The lowest BCUT2D eigenvalue weighted by Crippen LogP contribution is -2.09. The van der Waals surface area contributed by atoms with Gasteiger partial charge in [-0.1, -0.05) is 22.7 Å². The summed E-state index contributed by atoms with van der Waals surface area (Å²) in [6, 6.07) is 6.79. The second-order valence-corrected chi connectivity index (χ2v) is 5.11. The fourth-order valence-electron chi connectivity index (χ4n) is 1.10. The van der Waals surface area contributed by atoms with Crippen molar-refractivity contribution in [1.29, 1.82) is 0 Å². The van der Waals surface area contributed by atoms with E-state index in [1.165, 1.54) is 22.7 Å². The van der Waals surface area contributed by atoms with Gasteiger partial charge in [0.05, 0.1) is 9.75 Å². The van der Waals surface area contributed by atoms with E-state index in [4.69, 9.17) is 9.31 Å². The highest BCUT2D eigenvalue weighted by Crippen LogP contribution is 2.24. The molecule has 0 aliphatic heterocycles. The van der Waals surface area contributed by atoms with Gasteiger partial charge in [0.15, 0.2) is 22.7 Å². The molecule has 0 N–H and O–H groups in total. The van der Waals surface area contributed by atoms with Gasteiger partial charge in [0.25, 0.3) is 0 Å². The van der Waals surface area contributed by atoms with Gasteiger partial charge in [-0.05, 0) is 24.3 Å². The molecule has 0 saturated heterocycles. The molecule has 0 aliphatic rings. The van der Waals surface area contributed by atoms with E-state index in [1.54, 1.807) is 24.3 Å². The van der Waals surface area contributed by atoms with Crippen LogP contribution in [0.4, 0.5) is 0 Å². The lowest BCUT2D eigenvalue weighted by Gasteiger charge is -2.01. The van der Waals surface area contributed by atoms with Gasteiger partial charge in [0.1, 0.15) is 0 Å². The second kappa shape index (κ2) is 5.65. The van der Waals surface area contributed by atoms with Crippen LogP contribution in [0.5, 0.6) is 10.1 Å². The predicted octanol–water partition coefficient (Wildman–Crippen LogP) is 2.16. The molecule has 0 fully saturated rings. The molecule has 17 heavy (non-hydrogen) atoms. The van der Waals surface area contributed by atoms with Crippen molar-refractivity contribution < 1.29 is 18.9 Å². The summed E-state index contributed by atoms with van der Waals surface area (Å²) >= 11 is 2.51. The molecule has 0 saturated carbocycles. The summed E-state index contributed by atoms with van der Waals surface area (Å²) in [5.41, 5.74) is 0. The summed E-state index contributed by atoms with van der Waals surface area (Å²) in [5, 5.41) is 1.25. The average Bonchev–Trinajstić information content (AvgIpc) is 2.97. The third kappa shape index (κ3) is 3.18. The van der Waals surface area contributed by atoms with E-state index < -0.39 is 0 Å². The minimum atomic E-state index is 0.0532. The summed E-state index contributed by atoms with van der Waals surface area (Å²) in [4.78, 5) is 22.1. The van der Waals surface area contributed by atoms with Crippen molar-refractivity contribution >= 4 is 42.9 Å². The van der Waals surface area contributed by atoms with Crippen LogP contribution in [-0.4, -0.2) is 20.3 Å². The van der Waals surface area contributed by atoms with E-state index in [0.717, 1.165) is 12.6 Å². The first-order chi connectivity index (χ1) is 8.31. The average molecular weight is 266 g/mol. The third-order valence-corrected chi connectivity index (χ3v) is 3.69. The minimum Gasteiger partial charge on any atom is -0.521 e. The van der Waals surface area contributed by atoms with Crippen molar-refractivity contribution in [3.05, 3.63) is 34.0 Å². The largest absolute Gasteiger partial charge is 0.577 e. The molecular formula is C10H7BO4S2. The molecule has 0 unspecified atom stereocenters. The van der Waals surface area contributed by atoms with E-state index in [-0.39, 0.29) is 7.69 Å². The molecule has 2 heterocycles. The minimum absolute atomic E-state index is 0.0532. The SMILES string of the molecule is O=Cc1ccc(OBOc2ccc(C=O)s2)s1. The van der Waals surface area contributed by atoms with Crippen molar-refractivity contribution in [2.45, 2.75) is 0 Å². The quantitative estimate of drug-likeness (QED) is 0.594. The van der Waals surface area contributed by atoms with Gasteiger partial charge < -0.3 is 9.31 Å². The van der Waals surface area contributed by atoms with E-state index >= 15 is 0 Å².